The minimum atomic E-state index is -0.725. The van der Waals surface area contributed by atoms with E-state index in [0.717, 1.165) is 36.8 Å². The summed E-state index contributed by atoms with van der Waals surface area (Å²) in [4.78, 5) is 0. The number of halogens is 2. The van der Waals surface area contributed by atoms with Gasteiger partial charge in [0.15, 0.2) is 11.6 Å². The molecule has 24 heavy (non-hydrogen) atoms. The Morgan fingerprint density at radius 1 is 0.917 bits per heavy atom. The van der Waals surface area contributed by atoms with E-state index >= 15 is 0 Å². The highest BCUT2D eigenvalue weighted by Gasteiger charge is 2.22. The fourth-order valence-electron chi connectivity index (χ4n) is 3.75. The predicted molar refractivity (Wildman–Crippen MR) is 95.4 cm³/mol. The van der Waals surface area contributed by atoms with E-state index in [1.165, 1.54) is 48.9 Å². The van der Waals surface area contributed by atoms with Crippen LogP contribution in [0.15, 0.2) is 36.4 Å². The number of hydrogen-bond donors (Lipinski definition) is 0. The molecule has 0 aliphatic heterocycles. The SMILES string of the molecule is CCCCCCc1ccc(C2CCc3cc(F)c(F)cc3C2)cc1. The number of hydrogen-bond acceptors (Lipinski definition) is 0. The molecule has 128 valence electrons. The van der Waals surface area contributed by atoms with Gasteiger partial charge in [-0.15, -0.1) is 0 Å². The minimum Gasteiger partial charge on any atom is -0.204 e. The van der Waals surface area contributed by atoms with Gasteiger partial charge in [0.05, 0.1) is 0 Å². The van der Waals surface area contributed by atoms with Crippen molar-refractivity contribution < 1.29 is 8.78 Å². The summed E-state index contributed by atoms with van der Waals surface area (Å²) in [5.41, 5.74) is 4.66. The van der Waals surface area contributed by atoms with Crippen molar-refractivity contribution in [1.82, 2.24) is 0 Å². The molecule has 0 bridgehead atoms. The van der Waals surface area contributed by atoms with Crippen LogP contribution in [0.4, 0.5) is 8.78 Å². The van der Waals surface area contributed by atoms with Crippen LogP contribution in [0.5, 0.6) is 0 Å². The number of rotatable bonds is 6. The van der Waals surface area contributed by atoms with Gasteiger partial charge in [-0.1, -0.05) is 50.5 Å². The Hall–Kier alpha value is -1.70. The molecule has 0 saturated carbocycles. The van der Waals surface area contributed by atoms with Crippen molar-refractivity contribution in [1.29, 1.82) is 0 Å². The highest BCUT2D eigenvalue weighted by Crippen LogP contribution is 2.33. The van der Waals surface area contributed by atoms with Crippen LogP contribution < -0.4 is 0 Å². The smallest absolute Gasteiger partial charge is 0.159 e. The fraction of sp³-hybridized carbons (Fsp3) is 0.455. The lowest BCUT2D eigenvalue weighted by Crippen LogP contribution is -2.13. The van der Waals surface area contributed by atoms with Crippen LogP contribution in [0.1, 0.15) is 67.2 Å². The molecule has 1 aliphatic carbocycles. The molecular formula is C22H26F2. The topological polar surface area (TPSA) is 0 Å². The summed E-state index contributed by atoms with van der Waals surface area (Å²) in [5, 5.41) is 0. The zero-order valence-corrected chi connectivity index (χ0v) is 14.5. The van der Waals surface area contributed by atoms with Crippen LogP contribution in [0, 0.1) is 11.6 Å². The largest absolute Gasteiger partial charge is 0.204 e. The van der Waals surface area contributed by atoms with Crippen LogP contribution in [-0.4, -0.2) is 0 Å². The molecule has 2 aromatic rings. The zero-order chi connectivity index (χ0) is 16.9. The molecular weight excluding hydrogens is 302 g/mol. The van der Waals surface area contributed by atoms with E-state index in [-0.39, 0.29) is 0 Å². The summed E-state index contributed by atoms with van der Waals surface area (Å²) in [6, 6.07) is 11.7. The Balaban J connectivity index is 1.64. The molecule has 2 aromatic carbocycles. The molecule has 0 aromatic heterocycles. The van der Waals surface area contributed by atoms with Crippen molar-refractivity contribution in [2.45, 2.75) is 64.2 Å². The van der Waals surface area contributed by atoms with E-state index in [1.807, 2.05) is 0 Å². The monoisotopic (exact) mass is 328 g/mol. The Kier molecular flexibility index (Phi) is 5.65. The van der Waals surface area contributed by atoms with Gasteiger partial charge in [-0.3, -0.25) is 0 Å². The van der Waals surface area contributed by atoms with Crippen molar-refractivity contribution in [2.75, 3.05) is 0 Å². The van der Waals surface area contributed by atoms with Crippen molar-refractivity contribution >= 4 is 0 Å². The molecule has 0 amide bonds. The highest BCUT2D eigenvalue weighted by molar-refractivity contribution is 5.35. The maximum atomic E-state index is 13.5. The fourth-order valence-corrected chi connectivity index (χ4v) is 3.75. The van der Waals surface area contributed by atoms with Gasteiger partial charge < -0.3 is 0 Å². The van der Waals surface area contributed by atoms with Gasteiger partial charge in [0.25, 0.3) is 0 Å². The average Bonchev–Trinajstić information content (AvgIpc) is 2.60. The van der Waals surface area contributed by atoms with Crippen molar-refractivity contribution in [3.63, 3.8) is 0 Å². The van der Waals surface area contributed by atoms with Gasteiger partial charge in [-0.25, -0.2) is 8.78 Å². The Bertz CT molecular complexity index is 673. The van der Waals surface area contributed by atoms with Gasteiger partial charge >= 0.3 is 0 Å². The molecule has 1 aliphatic rings. The lowest BCUT2D eigenvalue weighted by molar-refractivity contribution is 0.496. The summed E-state index contributed by atoms with van der Waals surface area (Å²) >= 11 is 0. The van der Waals surface area contributed by atoms with Crippen LogP contribution in [0.2, 0.25) is 0 Å². The number of aryl methyl sites for hydroxylation is 2. The molecule has 0 heterocycles. The third-order valence-corrected chi connectivity index (χ3v) is 5.24. The van der Waals surface area contributed by atoms with E-state index in [9.17, 15) is 8.78 Å². The van der Waals surface area contributed by atoms with E-state index in [1.54, 1.807) is 0 Å². The number of fused-ring (bicyclic) bond motifs is 1. The second kappa shape index (κ2) is 7.92. The quantitative estimate of drug-likeness (QED) is 0.541. The molecule has 0 nitrogen and oxygen atoms in total. The summed E-state index contributed by atoms with van der Waals surface area (Å²) in [6.45, 7) is 2.23. The maximum Gasteiger partial charge on any atom is 0.159 e. The molecule has 0 saturated heterocycles. The van der Waals surface area contributed by atoms with Crippen LogP contribution in [0.25, 0.3) is 0 Å². The number of unbranched alkanes of at least 4 members (excludes halogenated alkanes) is 3. The normalized spacial score (nSPS) is 16.9. The van der Waals surface area contributed by atoms with E-state index in [4.69, 9.17) is 0 Å². The first-order chi connectivity index (χ1) is 11.7. The molecule has 0 fully saturated rings. The third-order valence-electron chi connectivity index (χ3n) is 5.24. The third kappa shape index (κ3) is 4.03. The van der Waals surface area contributed by atoms with E-state index < -0.39 is 11.6 Å². The van der Waals surface area contributed by atoms with Crippen LogP contribution >= 0.6 is 0 Å². The van der Waals surface area contributed by atoms with Crippen LogP contribution in [-0.2, 0) is 19.3 Å². The minimum absolute atomic E-state index is 0.413. The molecule has 3 rings (SSSR count). The second-order valence-corrected chi connectivity index (χ2v) is 7.03. The number of benzene rings is 2. The van der Waals surface area contributed by atoms with Crippen molar-refractivity contribution in [2.24, 2.45) is 0 Å². The van der Waals surface area contributed by atoms with Gasteiger partial charge in [0.2, 0.25) is 0 Å². The molecule has 0 N–H and O–H groups in total. The van der Waals surface area contributed by atoms with Gasteiger partial charge in [-0.2, -0.15) is 0 Å². The summed E-state index contributed by atoms with van der Waals surface area (Å²) < 4.78 is 26.8. The molecule has 2 heteroatoms. The van der Waals surface area contributed by atoms with E-state index in [2.05, 4.69) is 31.2 Å². The molecule has 1 unspecified atom stereocenters. The van der Waals surface area contributed by atoms with Gasteiger partial charge in [0, 0.05) is 0 Å². The second-order valence-electron chi connectivity index (χ2n) is 7.03. The first-order valence-corrected chi connectivity index (χ1v) is 9.23. The Morgan fingerprint density at radius 2 is 1.62 bits per heavy atom. The predicted octanol–water partition coefficient (Wildman–Crippen LogP) is 6.36. The standard InChI is InChI=1S/C22H26F2/c1-2-3-4-5-6-16-7-9-17(10-8-16)18-11-12-19-14-21(23)22(24)15-20(19)13-18/h7-10,14-15,18H,2-6,11-13H2,1H3. The average molecular weight is 328 g/mol. The summed E-state index contributed by atoms with van der Waals surface area (Å²) in [7, 11) is 0. The maximum absolute atomic E-state index is 13.5. The highest BCUT2D eigenvalue weighted by atomic mass is 19.2. The first-order valence-electron chi connectivity index (χ1n) is 9.23. The first kappa shape index (κ1) is 17.1. The molecule has 0 radical (unpaired) electrons. The molecule has 0 spiro atoms. The van der Waals surface area contributed by atoms with E-state index in [0.29, 0.717) is 5.92 Å². The van der Waals surface area contributed by atoms with Crippen molar-refractivity contribution in [3.05, 3.63) is 70.3 Å². The lowest BCUT2D eigenvalue weighted by Gasteiger charge is -2.25. The van der Waals surface area contributed by atoms with Gasteiger partial charge in [0.1, 0.15) is 0 Å². The van der Waals surface area contributed by atoms with Crippen LogP contribution in [0.3, 0.4) is 0 Å². The molecule has 1 atom stereocenters. The Labute approximate surface area is 143 Å². The lowest BCUT2D eigenvalue weighted by atomic mass is 9.80. The summed E-state index contributed by atoms with van der Waals surface area (Å²) in [6.07, 6.45) is 8.95. The zero-order valence-electron chi connectivity index (χ0n) is 14.5. The van der Waals surface area contributed by atoms with Gasteiger partial charge in [-0.05, 0) is 72.4 Å². The van der Waals surface area contributed by atoms with Crippen molar-refractivity contribution in [3.8, 4) is 0 Å². The summed E-state index contributed by atoms with van der Waals surface area (Å²) in [5.74, 6) is -1.03. The Morgan fingerprint density at radius 3 is 2.33 bits per heavy atom.